The molecule has 0 amide bonds. The number of benzene rings is 2. The predicted molar refractivity (Wildman–Crippen MR) is 113 cm³/mol. The van der Waals surface area contributed by atoms with Crippen molar-refractivity contribution in [2.24, 2.45) is 0 Å². The van der Waals surface area contributed by atoms with Gasteiger partial charge in [-0.3, -0.25) is 4.72 Å². The van der Waals surface area contributed by atoms with Crippen LogP contribution in [0.3, 0.4) is 0 Å². The smallest absolute Gasteiger partial charge is 0.338 e. The summed E-state index contributed by atoms with van der Waals surface area (Å²) in [7, 11) is -3.75. The second-order valence-corrected chi connectivity index (χ2v) is 8.75. The Bertz CT molecular complexity index is 948. The molecule has 0 aliphatic carbocycles. The molecule has 0 fully saturated rings. The van der Waals surface area contributed by atoms with Crippen molar-refractivity contribution in [2.75, 3.05) is 11.3 Å². The van der Waals surface area contributed by atoms with Gasteiger partial charge in [0.1, 0.15) is 0 Å². The molecule has 1 N–H and O–H groups in total. The molecule has 0 unspecified atom stereocenters. The minimum Gasteiger partial charge on any atom is -0.462 e. The lowest BCUT2D eigenvalue weighted by molar-refractivity contribution is 0.0500. The molecule has 0 heterocycles. The van der Waals surface area contributed by atoms with Gasteiger partial charge in [-0.1, -0.05) is 13.3 Å². The SMILES string of the molecule is CCCCOC(=O)c1ccc(NS(=O)(=O)c2c(C)c(C)c(C)c(C)c2C)cc1. The van der Waals surface area contributed by atoms with Crippen LogP contribution in [0.25, 0.3) is 0 Å². The van der Waals surface area contributed by atoms with Gasteiger partial charge in [0.2, 0.25) is 0 Å². The van der Waals surface area contributed by atoms with Crippen LogP contribution in [0.1, 0.15) is 57.9 Å². The summed E-state index contributed by atoms with van der Waals surface area (Å²) < 4.78 is 33.9. The van der Waals surface area contributed by atoms with Crippen LogP contribution in [0.2, 0.25) is 0 Å². The Labute approximate surface area is 168 Å². The highest BCUT2D eigenvalue weighted by molar-refractivity contribution is 7.92. The first kappa shape index (κ1) is 22.0. The molecule has 5 nitrogen and oxygen atoms in total. The molecule has 28 heavy (non-hydrogen) atoms. The van der Waals surface area contributed by atoms with E-state index < -0.39 is 16.0 Å². The largest absolute Gasteiger partial charge is 0.462 e. The topological polar surface area (TPSA) is 72.5 Å². The number of anilines is 1. The third kappa shape index (κ3) is 4.55. The van der Waals surface area contributed by atoms with Crippen LogP contribution in [0.5, 0.6) is 0 Å². The number of ether oxygens (including phenoxy) is 1. The van der Waals surface area contributed by atoms with E-state index in [-0.39, 0.29) is 0 Å². The lowest BCUT2D eigenvalue weighted by Gasteiger charge is -2.19. The quantitative estimate of drug-likeness (QED) is 0.522. The predicted octanol–water partition coefficient (Wildman–Crippen LogP) is 4.99. The average Bonchev–Trinajstić information content (AvgIpc) is 2.65. The van der Waals surface area contributed by atoms with Crippen molar-refractivity contribution in [3.8, 4) is 0 Å². The highest BCUT2D eigenvalue weighted by atomic mass is 32.2. The van der Waals surface area contributed by atoms with Gasteiger partial charge in [-0.25, -0.2) is 13.2 Å². The average molecular weight is 404 g/mol. The van der Waals surface area contributed by atoms with E-state index in [2.05, 4.69) is 4.72 Å². The lowest BCUT2D eigenvalue weighted by Crippen LogP contribution is -2.17. The summed E-state index contributed by atoms with van der Waals surface area (Å²) in [6, 6.07) is 6.29. The van der Waals surface area contributed by atoms with Crippen molar-refractivity contribution in [1.29, 1.82) is 0 Å². The van der Waals surface area contributed by atoms with Gasteiger partial charge < -0.3 is 4.74 Å². The first-order valence-electron chi connectivity index (χ1n) is 9.47. The van der Waals surface area contributed by atoms with E-state index in [1.165, 1.54) is 0 Å². The molecule has 0 spiro atoms. The summed E-state index contributed by atoms with van der Waals surface area (Å²) in [6.45, 7) is 12.0. The summed E-state index contributed by atoms with van der Waals surface area (Å²) in [6.07, 6.45) is 1.77. The Morgan fingerprint density at radius 2 is 1.39 bits per heavy atom. The molecule has 0 saturated carbocycles. The van der Waals surface area contributed by atoms with Crippen molar-refractivity contribution < 1.29 is 17.9 Å². The van der Waals surface area contributed by atoms with Gasteiger partial charge in [0.05, 0.1) is 17.1 Å². The number of unbranched alkanes of at least 4 members (excludes halogenated alkanes) is 1. The van der Waals surface area contributed by atoms with Crippen molar-refractivity contribution in [2.45, 2.75) is 59.3 Å². The van der Waals surface area contributed by atoms with E-state index in [1.807, 2.05) is 41.5 Å². The summed E-state index contributed by atoms with van der Waals surface area (Å²) >= 11 is 0. The van der Waals surface area contributed by atoms with Gasteiger partial charge >= 0.3 is 5.97 Å². The molecular weight excluding hydrogens is 374 g/mol. The van der Waals surface area contributed by atoms with Gasteiger partial charge in [0, 0.05) is 5.69 Å². The molecule has 0 aromatic heterocycles. The zero-order valence-corrected chi connectivity index (χ0v) is 18.3. The zero-order chi connectivity index (χ0) is 21.1. The number of hydrogen-bond donors (Lipinski definition) is 1. The van der Waals surface area contributed by atoms with E-state index in [9.17, 15) is 13.2 Å². The maximum absolute atomic E-state index is 13.0. The van der Waals surface area contributed by atoms with E-state index in [1.54, 1.807) is 24.3 Å². The van der Waals surface area contributed by atoms with Crippen LogP contribution in [0, 0.1) is 34.6 Å². The second kappa shape index (κ2) is 8.78. The Hall–Kier alpha value is -2.34. The van der Waals surface area contributed by atoms with Gasteiger partial charge in [-0.2, -0.15) is 0 Å². The number of carbonyl (C=O) groups is 1. The molecule has 152 valence electrons. The molecule has 0 saturated heterocycles. The van der Waals surface area contributed by atoms with Crippen LogP contribution >= 0.6 is 0 Å². The fraction of sp³-hybridized carbons (Fsp3) is 0.409. The Kier molecular flexibility index (Phi) is 6.88. The van der Waals surface area contributed by atoms with Crippen LogP contribution in [0.4, 0.5) is 5.69 Å². The van der Waals surface area contributed by atoms with Crippen LogP contribution in [-0.2, 0) is 14.8 Å². The maximum atomic E-state index is 13.0. The lowest BCUT2D eigenvalue weighted by atomic mass is 9.95. The van der Waals surface area contributed by atoms with Crippen LogP contribution < -0.4 is 4.72 Å². The number of nitrogens with one attached hydrogen (secondary N) is 1. The maximum Gasteiger partial charge on any atom is 0.338 e. The molecule has 0 aliphatic heterocycles. The highest BCUT2D eigenvalue weighted by Crippen LogP contribution is 2.30. The summed E-state index contributed by atoms with van der Waals surface area (Å²) in [5.74, 6) is -0.403. The fourth-order valence-electron chi connectivity index (χ4n) is 3.14. The van der Waals surface area contributed by atoms with E-state index >= 15 is 0 Å². The monoisotopic (exact) mass is 403 g/mol. The molecule has 0 bridgehead atoms. The Balaban J connectivity index is 2.28. The molecule has 0 atom stereocenters. The Morgan fingerprint density at radius 1 is 0.893 bits per heavy atom. The minimum absolute atomic E-state index is 0.316. The van der Waals surface area contributed by atoms with E-state index in [0.29, 0.717) is 22.8 Å². The van der Waals surface area contributed by atoms with Gasteiger partial charge in [-0.05, 0) is 93.1 Å². The first-order chi connectivity index (χ1) is 13.1. The number of hydrogen-bond acceptors (Lipinski definition) is 4. The van der Waals surface area contributed by atoms with Crippen molar-refractivity contribution >= 4 is 21.7 Å². The van der Waals surface area contributed by atoms with Crippen LogP contribution in [0.15, 0.2) is 29.2 Å². The van der Waals surface area contributed by atoms with Crippen LogP contribution in [-0.4, -0.2) is 21.0 Å². The van der Waals surface area contributed by atoms with Crippen molar-refractivity contribution in [3.05, 3.63) is 57.6 Å². The second-order valence-electron chi connectivity index (χ2n) is 7.13. The summed E-state index contributed by atoms with van der Waals surface area (Å²) in [4.78, 5) is 12.3. The van der Waals surface area contributed by atoms with Crippen molar-refractivity contribution in [3.63, 3.8) is 0 Å². The fourth-order valence-corrected chi connectivity index (χ4v) is 4.80. The summed E-state index contributed by atoms with van der Waals surface area (Å²) in [5.41, 5.74) is 5.38. The number of esters is 1. The molecule has 2 rings (SSSR count). The third-order valence-electron chi connectivity index (χ3n) is 5.30. The molecule has 0 radical (unpaired) electrons. The molecule has 2 aromatic rings. The molecule has 2 aromatic carbocycles. The van der Waals surface area contributed by atoms with Gasteiger partial charge in [0.25, 0.3) is 10.0 Å². The number of sulfonamides is 1. The Morgan fingerprint density at radius 3 is 1.89 bits per heavy atom. The normalized spacial score (nSPS) is 11.4. The molecule has 0 aliphatic rings. The zero-order valence-electron chi connectivity index (χ0n) is 17.5. The number of carbonyl (C=O) groups excluding carboxylic acids is 1. The van der Waals surface area contributed by atoms with E-state index in [0.717, 1.165) is 40.7 Å². The highest BCUT2D eigenvalue weighted by Gasteiger charge is 2.23. The standard InChI is InChI=1S/C22H29NO4S/c1-7-8-13-27-22(24)19-9-11-20(12-10-19)23-28(25,26)21-17(5)15(3)14(2)16(4)18(21)6/h9-12,23H,7-8,13H2,1-6H3. The molecular formula is C22H29NO4S. The molecule has 6 heteroatoms. The van der Waals surface area contributed by atoms with Gasteiger partial charge in [0.15, 0.2) is 0 Å². The van der Waals surface area contributed by atoms with Crippen molar-refractivity contribution in [1.82, 2.24) is 0 Å². The summed E-state index contributed by atoms with van der Waals surface area (Å²) in [5, 5.41) is 0. The number of rotatable bonds is 7. The van der Waals surface area contributed by atoms with Gasteiger partial charge in [-0.15, -0.1) is 0 Å². The first-order valence-corrected chi connectivity index (χ1v) is 11.0. The minimum atomic E-state index is -3.75. The van der Waals surface area contributed by atoms with E-state index in [4.69, 9.17) is 4.74 Å². The third-order valence-corrected chi connectivity index (χ3v) is 6.96.